The first kappa shape index (κ1) is 16.4. The van der Waals surface area contributed by atoms with Crippen molar-refractivity contribution in [2.45, 2.75) is 32.4 Å². The molecule has 7 nitrogen and oxygen atoms in total. The van der Waals surface area contributed by atoms with Crippen LogP contribution < -0.4 is 10.6 Å². The van der Waals surface area contributed by atoms with Gasteiger partial charge in [0.25, 0.3) is 0 Å². The number of carbonyl (C=O) groups is 2. The topological polar surface area (TPSA) is 105 Å². The van der Waals surface area contributed by atoms with Crippen LogP contribution in [0.15, 0.2) is 0 Å². The zero-order valence-electron chi connectivity index (χ0n) is 12.1. The van der Waals surface area contributed by atoms with Crippen LogP contribution in [0.5, 0.6) is 0 Å². The Kier molecular flexibility index (Phi) is 5.48. The van der Waals surface area contributed by atoms with Gasteiger partial charge in [-0.1, -0.05) is 13.8 Å². The second kappa shape index (κ2) is 6.68. The zero-order chi connectivity index (χ0) is 15.3. The molecule has 1 saturated heterocycles. The van der Waals surface area contributed by atoms with Crippen molar-refractivity contribution in [1.82, 2.24) is 15.5 Å². The quantitative estimate of drug-likeness (QED) is 0.622. The lowest BCUT2D eigenvalue weighted by Gasteiger charge is -2.34. The van der Waals surface area contributed by atoms with Gasteiger partial charge in [-0.2, -0.15) is 5.26 Å². The van der Waals surface area contributed by atoms with Crippen LogP contribution in [0, 0.1) is 17.2 Å². The molecule has 0 spiro atoms. The Morgan fingerprint density at radius 3 is 2.75 bits per heavy atom. The normalized spacial score (nSPS) is 22.9. The van der Waals surface area contributed by atoms with Gasteiger partial charge in [0.05, 0.1) is 12.6 Å². The molecule has 1 rings (SSSR count). The summed E-state index contributed by atoms with van der Waals surface area (Å²) < 4.78 is 0. The SMILES string of the molecule is CC(C)C(C)(C#N)NC(=O)CN1CCNCC1C(=O)O. The lowest BCUT2D eigenvalue weighted by molar-refractivity contribution is -0.144. The first-order valence-electron chi connectivity index (χ1n) is 6.70. The van der Waals surface area contributed by atoms with Gasteiger partial charge in [-0.3, -0.25) is 14.5 Å². The minimum atomic E-state index is -0.947. The van der Waals surface area contributed by atoms with Crippen molar-refractivity contribution in [2.75, 3.05) is 26.2 Å². The molecule has 0 aliphatic carbocycles. The maximum Gasteiger partial charge on any atom is 0.322 e. The lowest BCUT2D eigenvalue weighted by atomic mass is 9.90. The second-order valence-electron chi connectivity index (χ2n) is 5.55. The fourth-order valence-corrected chi connectivity index (χ4v) is 1.99. The summed E-state index contributed by atoms with van der Waals surface area (Å²) in [6.45, 7) is 6.84. The number of nitrogens with zero attached hydrogens (tertiary/aromatic N) is 2. The van der Waals surface area contributed by atoms with Gasteiger partial charge in [-0.25, -0.2) is 0 Å². The highest BCUT2D eigenvalue weighted by Crippen LogP contribution is 2.15. The highest BCUT2D eigenvalue weighted by atomic mass is 16.4. The predicted molar refractivity (Wildman–Crippen MR) is 72.9 cm³/mol. The summed E-state index contributed by atoms with van der Waals surface area (Å²) in [6.07, 6.45) is 0. The third kappa shape index (κ3) is 3.92. The van der Waals surface area contributed by atoms with Crippen molar-refractivity contribution >= 4 is 11.9 Å². The van der Waals surface area contributed by atoms with Crippen molar-refractivity contribution in [3.05, 3.63) is 0 Å². The van der Waals surface area contributed by atoms with E-state index in [0.717, 1.165) is 0 Å². The standard InChI is InChI=1S/C13H22N4O3/c1-9(2)13(3,8-14)16-11(18)7-17-5-4-15-6-10(17)12(19)20/h9-10,15H,4-7H2,1-3H3,(H,16,18)(H,19,20). The van der Waals surface area contributed by atoms with Crippen LogP contribution in [0.3, 0.4) is 0 Å². The van der Waals surface area contributed by atoms with Crippen molar-refractivity contribution in [2.24, 2.45) is 5.92 Å². The molecule has 0 aromatic rings. The molecule has 2 atom stereocenters. The number of rotatable bonds is 5. The summed E-state index contributed by atoms with van der Waals surface area (Å²) in [7, 11) is 0. The Bertz CT molecular complexity index is 418. The van der Waals surface area contributed by atoms with E-state index in [1.807, 2.05) is 13.8 Å². The highest BCUT2D eigenvalue weighted by Gasteiger charge is 2.33. The third-order valence-electron chi connectivity index (χ3n) is 3.77. The van der Waals surface area contributed by atoms with E-state index in [4.69, 9.17) is 10.4 Å². The van der Waals surface area contributed by atoms with E-state index in [1.165, 1.54) is 0 Å². The van der Waals surface area contributed by atoms with E-state index in [2.05, 4.69) is 16.7 Å². The van der Waals surface area contributed by atoms with Crippen LogP contribution in [0.25, 0.3) is 0 Å². The van der Waals surface area contributed by atoms with Crippen molar-refractivity contribution < 1.29 is 14.7 Å². The average Bonchev–Trinajstić information content (AvgIpc) is 2.38. The predicted octanol–water partition coefficient (Wildman–Crippen LogP) is -0.601. The molecule has 1 aliphatic rings. The third-order valence-corrected chi connectivity index (χ3v) is 3.77. The molecule has 3 N–H and O–H groups in total. The molecule has 1 fully saturated rings. The number of carbonyl (C=O) groups excluding carboxylic acids is 1. The Morgan fingerprint density at radius 2 is 2.25 bits per heavy atom. The number of carboxylic acid groups (broad SMARTS) is 1. The smallest absolute Gasteiger partial charge is 0.322 e. The molecule has 2 unspecified atom stereocenters. The van der Waals surface area contributed by atoms with E-state index in [-0.39, 0.29) is 18.4 Å². The average molecular weight is 282 g/mol. The molecular formula is C13H22N4O3. The van der Waals surface area contributed by atoms with Gasteiger partial charge in [0.2, 0.25) is 5.91 Å². The van der Waals surface area contributed by atoms with Crippen molar-refractivity contribution in [3.63, 3.8) is 0 Å². The molecule has 20 heavy (non-hydrogen) atoms. The van der Waals surface area contributed by atoms with Crippen LogP contribution in [0.1, 0.15) is 20.8 Å². The summed E-state index contributed by atoms with van der Waals surface area (Å²) in [5.74, 6) is -1.30. The fourth-order valence-electron chi connectivity index (χ4n) is 1.99. The zero-order valence-corrected chi connectivity index (χ0v) is 12.1. The Morgan fingerprint density at radius 1 is 1.60 bits per heavy atom. The molecule has 0 aromatic carbocycles. The van der Waals surface area contributed by atoms with Crippen LogP contribution in [-0.4, -0.2) is 59.6 Å². The van der Waals surface area contributed by atoms with Crippen molar-refractivity contribution in [3.8, 4) is 6.07 Å². The van der Waals surface area contributed by atoms with Gasteiger partial charge in [0.15, 0.2) is 0 Å². The number of amides is 1. The van der Waals surface area contributed by atoms with E-state index < -0.39 is 17.6 Å². The first-order valence-corrected chi connectivity index (χ1v) is 6.70. The summed E-state index contributed by atoms with van der Waals surface area (Å²) in [5.41, 5.74) is -0.941. The molecule has 112 valence electrons. The monoisotopic (exact) mass is 282 g/mol. The van der Waals surface area contributed by atoms with E-state index in [1.54, 1.807) is 11.8 Å². The van der Waals surface area contributed by atoms with Gasteiger partial charge in [0, 0.05) is 19.6 Å². The number of aliphatic carboxylic acids is 1. The maximum atomic E-state index is 12.0. The number of nitriles is 1. The lowest BCUT2D eigenvalue weighted by Crippen LogP contribution is -2.59. The molecule has 1 heterocycles. The summed E-state index contributed by atoms with van der Waals surface area (Å²) in [4.78, 5) is 24.8. The molecular weight excluding hydrogens is 260 g/mol. The number of piperazine rings is 1. The van der Waals surface area contributed by atoms with Gasteiger partial charge in [0.1, 0.15) is 11.6 Å². The molecule has 1 aliphatic heterocycles. The maximum absolute atomic E-state index is 12.0. The molecule has 7 heteroatoms. The Hall–Kier alpha value is -1.65. The Balaban J connectivity index is 2.65. The Labute approximate surface area is 118 Å². The second-order valence-corrected chi connectivity index (χ2v) is 5.55. The van der Waals surface area contributed by atoms with Crippen LogP contribution >= 0.6 is 0 Å². The van der Waals surface area contributed by atoms with Crippen molar-refractivity contribution in [1.29, 1.82) is 5.26 Å². The summed E-state index contributed by atoms with van der Waals surface area (Å²) >= 11 is 0. The number of hydrogen-bond acceptors (Lipinski definition) is 5. The molecule has 0 saturated carbocycles. The summed E-state index contributed by atoms with van der Waals surface area (Å²) in [5, 5.41) is 24.0. The fraction of sp³-hybridized carbons (Fsp3) is 0.769. The van der Waals surface area contributed by atoms with E-state index in [9.17, 15) is 9.59 Å². The molecule has 0 radical (unpaired) electrons. The van der Waals surface area contributed by atoms with Gasteiger partial charge >= 0.3 is 5.97 Å². The van der Waals surface area contributed by atoms with Crippen LogP contribution in [0.2, 0.25) is 0 Å². The summed E-state index contributed by atoms with van der Waals surface area (Å²) in [6, 6.07) is 1.39. The number of carboxylic acids is 1. The minimum absolute atomic E-state index is 0.0113. The number of hydrogen-bond donors (Lipinski definition) is 3. The van der Waals surface area contributed by atoms with Gasteiger partial charge in [-0.15, -0.1) is 0 Å². The number of nitrogens with one attached hydrogen (secondary N) is 2. The van der Waals surface area contributed by atoms with Crippen LogP contribution in [0.4, 0.5) is 0 Å². The highest BCUT2D eigenvalue weighted by molar-refractivity contribution is 5.81. The van der Waals surface area contributed by atoms with E-state index in [0.29, 0.717) is 19.6 Å². The van der Waals surface area contributed by atoms with Crippen LogP contribution in [-0.2, 0) is 9.59 Å². The van der Waals surface area contributed by atoms with Gasteiger partial charge in [-0.05, 0) is 12.8 Å². The molecule has 1 amide bonds. The van der Waals surface area contributed by atoms with E-state index >= 15 is 0 Å². The minimum Gasteiger partial charge on any atom is -0.480 e. The van der Waals surface area contributed by atoms with Gasteiger partial charge < -0.3 is 15.7 Å². The largest absolute Gasteiger partial charge is 0.480 e. The molecule has 0 aromatic heterocycles. The molecule has 0 bridgehead atoms. The first-order chi connectivity index (χ1) is 9.30.